The number of hydrogen-bond acceptors (Lipinski definition) is 7. The number of aliphatic hydroxyl groups excluding tert-OH is 1. The largest absolute Gasteiger partial charge is 0.497 e. The first-order chi connectivity index (χ1) is 17.0. The average molecular weight is 496 g/mol. The second kappa shape index (κ2) is 9.59. The van der Waals surface area contributed by atoms with E-state index in [0.29, 0.717) is 24.7 Å². The second-order valence-electron chi connectivity index (χ2n) is 8.47. The molecule has 1 aromatic carbocycles. The summed E-state index contributed by atoms with van der Waals surface area (Å²) in [6.45, 7) is 1.17. The number of benzene rings is 1. The highest BCUT2D eigenvalue weighted by molar-refractivity contribution is 6.33. The van der Waals surface area contributed by atoms with Gasteiger partial charge in [0.05, 0.1) is 38.7 Å². The van der Waals surface area contributed by atoms with Crippen molar-refractivity contribution in [2.45, 2.75) is 19.1 Å². The number of methoxy groups -OCH3 is 1. The maximum Gasteiger partial charge on any atom is 0.287 e. The van der Waals surface area contributed by atoms with Crippen LogP contribution in [0.4, 0.5) is 5.69 Å². The molecular formula is C25H26ClN5O4. The fourth-order valence-electron chi connectivity index (χ4n) is 4.51. The number of aromatic nitrogens is 4. The predicted molar refractivity (Wildman–Crippen MR) is 135 cm³/mol. The van der Waals surface area contributed by atoms with Gasteiger partial charge in [0.1, 0.15) is 16.9 Å². The molecule has 35 heavy (non-hydrogen) atoms. The van der Waals surface area contributed by atoms with Crippen molar-refractivity contribution in [2.75, 3.05) is 31.7 Å². The van der Waals surface area contributed by atoms with Crippen molar-refractivity contribution in [3.63, 3.8) is 0 Å². The number of pyridine rings is 1. The third-order valence-corrected chi connectivity index (χ3v) is 6.69. The molecule has 0 spiro atoms. The van der Waals surface area contributed by atoms with Crippen LogP contribution in [0.3, 0.4) is 0 Å². The van der Waals surface area contributed by atoms with Gasteiger partial charge in [-0.15, -0.1) is 0 Å². The van der Waals surface area contributed by atoms with Gasteiger partial charge in [-0.1, -0.05) is 11.6 Å². The average Bonchev–Trinajstić information content (AvgIpc) is 3.46. The molecule has 10 heteroatoms. The normalized spacial score (nSPS) is 15.7. The molecule has 0 bridgehead atoms. The van der Waals surface area contributed by atoms with Crippen LogP contribution in [0.1, 0.15) is 6.42 Å². The van der Waals surface area contributed by atoms with Gasteiger partial charge in [0, 0.05) is 54.4 Å². The molecule has 1 aliphatic heterocycles. The maximum absolute atomic E-state index is 12.4. The fraction of sp³-hybridized carbons (Fsp3) is 0.320. The topological polar surface area (TPSA) is 94.6 Å². The molecule has 1 saturated heterocycles. The molecule has 1 fully saturated rings. The van der Waals surface area contributed by atoms with Crippen LogP contribution in [0.15, 0.2) is 53.6 Å². The monoisotopic (exact) mass is 495 g/mol. The van der Waals surface area contributed by atoms with E-state index in [0.717, 1.165) is 39.0 Å². The lowest BCUT2D eigenvalue weighted by Gasteiger charge is -2.20. The van der Waals surface area contributed by atoms with Gasteiger partial charge >= 0.3 is 0 Å². The number of aliphatic hydroxyl groups is 1. The summed E-state index contributed by atoms with van der Waals surface area (Å²) in [4.78, 5) is 18.8. The molecule has 0 amide bonds. The Morgan fingerprint density at radius 1 is 1.23 bits per heavy atom. The Kier molecular flexibility index (Phi) is 6.36. The number of fused-ring (bicyclic) bond motifs is 1. The summed E-state index contributed by atoms with van der Waals surface area (Å²) < 4.78 is 14.9. The zero-order chi connectivity index (χ0) is 24.5. The third-order valence-electron chi connectivity index (χ3n) is 6.33. The molecule has 1 atom stereocenters. The highest BCUT2D eigenvalue weighted by Gasteiger charge is 2.27. The summed E-state index contributed by atoms with van der Waals surface area (Å²) >= 11 is 6.32. The Morgan fingerprint density at radius 3 is 2.89 bits per heavy atom. The Bertz CT molecular complexity index is 1430. The molecule has 182 valence electrons. The highest BCUT2D eigenvalue weighted by Crippen LogP contribution is 2.32. The third kappa shape index (κ3) is 4.44. The first-order valence-electron chi connectivity index (χ1n) is 11.4. The van der Waals surface area contributed by atoms with E-state index >= 15 is 0 Å². The van der Waals surface area contributed by atoms with E-state index in [9.17, 15) is 4.79 Å². The fourth-order valence-corrected chi connectivity index (χ4v) is 4.78. The smallest absolute Gasteiger partial charge is 0.287 e. The van der Waals surface area contributed by atoms with Gasteiger partial charge < -0.3 is 24.0 Å². The van der Waals surface area contributed by atoms with Crippen molar-refractivity contribution in [1.82, 2.24) is 19.3 Å². The zero-order valence-electron chi connectivity index (χ0n) is 19.5. The van der Waals surface area contributed by atoms with Crippen molar-refractivity contribution in [2.24, 2.45) is 7.05 Å². The van der Waals surface area contributed by atoms with E-state index < -0.39 is 5.56 Å². The zero-order valence-corrected chi connectivity index (χ0v) is 20.3. The molecule has 5 rings (SSSR count). The van der Waals surface area contributed by atoms with Crippen LogP contribution in [0, 0.1) is 0 Å². The minimum absolute atomic E-state index is 0.0987. The van der Waals surface area contributed by atoms with Gasteiger partial charge in [0.2, 0.25) is 5.88 Å². The number of halogens is 1. The molecule has 4 aromatic rings. The van der Waals surface area contributed by atoms with Crippen LogP contribution >= 0.6 is 11.6 Å². The maximum atomic E-state index is 12.4. The van der Waals surface area contributed by atoms with Crippen molar-refractivity contribution >= 4 is 28.2 Å². The van der Waals surface area contributed by atoms with Crippen molar-refractivity contribution in [3.8, 4) is 22.9 Å². The number of nitrogens with zero attached hydrogens (tertiary/aromatic N) is 5. The molecule has 3 aromatic heterocycles. The summed E-state index contributed by atoms with van der Waals surface area (Å²) in [6.07, 6.45) is 3.97. The number of ether oxygens (including phenoxy) is 2. The van der Waals surface area contributed by atoms with Gasteiger partial charge in [0.15, 0.2) is 0 Å². The van der Waals surface area contributed by atoms with Crippen LogP contribution in [-0.2, 0) is 13.6 Å². The van der Waals surface area contributed by atoms with Gasteiger partial charge in [0.25, 0.3) is 5.56 Å². The van der Waals surface area contributed by atoms with Crippen molar-refractivity contribution in [1.29, 1.82) is 0 Å². The SMILES string of the molecule is COc1ccc2c(c1)cc(-c1ccnc(O[C@@H]3CCN(c4cnn(CCO)c(=O)c4Cl)C3)c1)n2C. The van der Waals surface area contributed by atoms with Crippen LogP contribution in [-0.4, -0.2) is 57.3 Å². The van der Waals surface area contributed by atoms with Crippen LogP contribution < -0.4 is 19.9 Å². The number of anilines is 1. The molecule has 0 aliphatic carbocycles. The van der Waals surface area contributed by atoms with E-state index in [4.69, 9.17) is 26.2 Å². The van der Waals surface area contributed by atoms with E-state index in [-0.39, 0.29) is 24.3 Å². The molecule has 0 saturated carbocycles. The molecule has 1 aliphatic rings. The van der Waals surface area contributed by atoms with E-state index in [1.165, 1.54) is 0 Å². The standard InChI is InChI=1S/C25H26ClN5O4/c1-29-20-4-3-18(34-2)11-17(20)12-21(29)16-5-7-27-23(13-16)35-19-6-8-30(15-19)22-14-28-31(9-10-32)25(33)24(22)26/h3-5,7,11-14,19,32H,6,8-10,15H2,1-2H3/t19-/m1/s1. The van der Waals surface area contributed by atoms with E-state index in [2.05, 4.69) is 20.7 Å². The minimum Gasteiger partial charge on any atom is -0.497 e. The van der Waals surface area contributed by atoms with Crippen molar-refractivity contribution < 1.29 is 14.6 Å². The molecule has 9 nitrogen and oxygen atoms in total. The molecule has 1 N–H and O–H groups in total. The van der Waals surface area contributed by atoms with E-state index in [1.807, 2.05) is 42.3 Å². The summed E-state index contributed by atoms with van der Waals surface area (Å²) in [5.41, 5.74) is 3.32. The molecule has 0 unspecified atom stereocenters. The Balaban J connectivity index is 1.33. The lowest BCUT2D eigenvalue weighted by molar-refractivity contribution is 0.216. The quantitative estimate of drug-likeness (QED) is 0.421. The summed E-state index contributed by atoms with van der Waals surface area (Å²) in [7, 11) is 3.70. The second-order valence-corrected chi connectivity index (χ2v) is 8.84. The lowest BCUT2D eigenvalue weighted by Crippen LogP contribution is -2.30. The minimum atomic E-state index is -0.412. The molecule has 0 radical (unpaired) electrons. The Labute approximate surface area is 207 Å². The Morgan fingerprint density at radius 2 is 2.09 bits per heavy atom. The van der Waals surface area contributed by atoms with Gasteiger partial charge in [-0.25, -0.2) is 9.67 Å². The Hall–Kier alpha value is -3.56. The molecule has 4 heterocycles. The first kappa shape index (κ1) is 23.2. The highest BCUT2D eigenvalue weighted by atomic mass is 35.5. The number of aryl methyl sites for hydroxylation is 1. The van der Waals surface area contributed by atoms with Crippen LogP contribution in [0.25, 0.3) is 22.2 Å². The molecular weight excluding hydrogens is 470 g/mol. The summed E-state index contributed by atoms with van der Waals surface area (Å²) in [6, 6.07) is 12.1. The first-order valence-corrected chi connectivity index (χ1v) is 11.7. The number of hydrogen-bond donors (Lipinski definition) is 1. The van der Waals surface area contributed by atoms with E-state index in [1.54, 1.807) is 19.5 Å². The summed E-state index contributed by atoms with van der Waals surface area (Å²) in [5, 5.41) is 14.4. The van der Waals surface area contributed by atoms with Gasteiger partial charge in [-0.3, -0.25) is 4.79 Å². The summed E-state index contributed by atoms with van der Waals surface area (Å²) in [5.74, 6) is 1.36. The van der Waals surface area contributed by atoms with Gasteiger partial charge in [-0.05, 0) is 30.3 Å². The van der Waals surface area contributed by atoms with Crippen LogP contribution in [0.2, 0.25) is 5.02 Å². The predicted octanol–water partition coefficient (Wildman–Crippen LogP) is 3.11. The van der Waals surface area contributed by atoms with Gasteiger partial charge in [-0.2, -0.15) is 5.10 Å². The number of rotatable bonds is 7. The van der Waals surface area contributed by atoms with Crippen molar-refractivity contribution in [3.05, 3.63) is 64.2 Å². The lowest BCUT2D eigenvalue weighted by atomic mass is 10.2. The van der Waals surface area contributed by atoms with Crippen LogP contribution in [0.5, 0.6) is 11.6 Å².